The Labute approximate surface area is 192 Å². The van der Waals surface area contributed by atoms with E-state index in [2.05, 4.69) is 0 Å². The van der Waals surface area contributed by atoms with Crippen LogP contribution in [0.4, 0.5) is 0 Å². The van der Waals surface area contributed by atoms with Crippen molar-refractivity contribution in [3.05, 3.63) is 108 Å². The fourth-order valence-electron chi connectivity index (χ4n) is 4.35. The molecular weight excluding hydrogens is 420 g/mol. The summed E-state index contributed by atoms with van der Waals surface area (Å²) >= 11 is 0. The average molecular weight is 444 g/mol. The Hall–Kier alpha value is -3.48. The van der Waals surface area contributed by atoms with Gasteiger partial charge in [-0.3, -0.25) is 4.79 Å². The van der Waals surface area contributed by atoms with E-state index >= 15 is 0 Å². The second kappa shape index (κ2) is 9.57. The van der Waals surface area contributed by atoms with Crippen molar-refractivity contribution in [3.8, 4) is 0 Å². The Balaban J connectivity index is 1.44. The molecule has 0 spiro atoms. The van der Waals surface area contributed by atoms with Crippen molar-refractivity contribution in [1.82, 2.24) is 0 Å². The maximum atomic E-state index is 13.0. The Morgan fingerprint density at radius 1 is 0.909 bits per heavy atom. The molecule has 0 unspecified atom stereocenters. The van der Waals surface area contributed by atoms with Crippen molar-refractivity contribution in [3.63, 3.8) is 0 Å². The minimum Gasteiger partial charge on any atom is -0.457 e. The first-order chi connectivity index (χ1) is 16.2. The predicted octanol–water partition coefficient (Wildman–Crippen LogP) is 4.25. The molecule has 0 bridgehead atoms. The zero-order valence-corrected chi connectivity index (χ0v) is 17.9. The average Bonchev–Trinajstić information content (AvgIpc) is 3.38. The SMILES string of the molecule is O=C1C[C@H]2O[C@H]([C@H](OC(=O)c3ccccc3)c3ccccc3)[C@H](OCc3ccccc3)[C@H]2O1. The number of esters is 2. The first kappa shape index (κ1) is 21.4. The van der Waals surface area contributed by atoms with Crippen LogP contribution in [0.25, 0.3) is 0 Å². The van der Waals surface area contributed by atoms with Crippen molar-refractivity contribution in [1.29, 1.82) is 0 Å². The van der Waals surface area contributed by atoms with Gasteiger partial charge in [-0.15, -0.1) is 0 Å². The highest BCUT2D eigenvalue weighted by atomic mass is 16.7. The van der Waals surface area contributed by atoms with Crippen LogP contribution in [0.3, 0.4) is 0 Å². The smallest absolute Gasteiger partial charge is 0.338 e. The molecule has 2 aliphatic rings. The fraction of sp³-hybridized carbons (Fsp3) is 0.259. The van der Waals surface area contributed by atoms with Crippen LogP contribution in [-0.4, -0.2) is 36.4 Å². The van der Waals surface area contributed by atoms with E-state index in [0.29, 0.717) is 12.2 Å². The zero-order valence-electron chi connectivity index (χ0n) is 17.9. The molecule has 0 saturated carbocycles. The van der Waals surface area contributed by atoms with Crippen LogP contribution in [0.1, 0.15) is 34.0 Å². The normalized spacial score (nSPS) is 24.7. The van der Waals surface area contributed by atoms with Crippen LogP contribution in [0.5, 0.6) is 0 Å². The van der Waals surface area contributed by atoms with Gasteiger partial charge < -0.3 is 18.9 Å². The molecule has 5 rings (SSSR count). The van der Waals surface area contributed by atoms with Crippen LogP contribution in [0.2, 0.25) is 0 Å². The maximum absolute atomic E-state index is 13.0. The molecule has 2 aliphatic heterocycles. The van der Waals surface area contributed by atoms with Gasteiger partial charge in [0, 0.05) is 0 Å². The summed E-state index contributed by atoms with van der Waals surface area (Å²) < 4.78 is 24.1. The molecule has 0 aromatic heterocycles. The third kappa shape index (κ3) is 4.67. The summed E-state index contributed by atoms with van der Waals surface area (Å²) in [7, 11) is 0. The highest BCUT2D eigenvalue weighted by molar-refractivity contribution is 5.89. The third-order valence-electron chi connectivity index (χ3n) is 5.94. The van der Waals surface area contributed by atoms with Gasteiger partial charge in [0.1, 0.15) is 18.3 Å². The lowest BCUT2D eigenvalue weighted by molar-refractivity contribution is -0.152. The van der Waals surface area contributed by atoms with Gasteiger partial charge in [-0.05, 0) is 23.3 Å². The highest BCUT2D eigenvalue weighted by Crippen LogP contribution is 2.41. The molecule has 5 atom stereocenters. The molecule has 2 heterocycles. The van der Waals surface area contributed by atoms with E-state index in [1.54, 1.807) is 24.3 Å². The van der Waals surface area contributed by atoms with Crippen LogP contribution in [0, 0.1) is 0 Å². The number of ether oxygens (including phenoxy) is 4. The van der Waals surface area contributed by atoms with E-state index in [9.17, 15) is 9.59 Å². The molecule has 0 N–H and O–H groups in total. The first-order valence-electron chi connectivity index (χ1n) is 11.0. The van der Waals surface area contributed by atoms with Gasteiger partial charge in [0.15, 0.2) is 12.2 Å². The Morgan fingerprint density at radius 3 is 2.24 bits per heavy atom. The highest BCUT2D eigenvalue weighted by Gasteiger charge is 2.55. The number of rotatable bonds is 7. The molecule has 2 fully saturated rings. The second-order valence-electron chi connectivity index (χ2n) is 8.16. The third-order valence-corrected chi connectivity index (χ3v) is 5.94. The topological polar surface area (TPSA) is 71.1 Å². The Morgan fingerprint density at radius 2 is 1.55 bits per heavy atom. The molecular formula is C27H24O6. The van der Waals surface area contributed by atoms with Gasteiger partial charge >= 0.3 is 11.9 Å². The summed E-state index contributed by atoms with van der Waals surface area (Å²) in [5, 5.41) is 0. The molecule has 0 radical (unpaired) electrons. The van der Waals surface area contributed by atoms with Crippen molar-refractivity contribution in [2.24, 2.45) is 0 Å². The molecule has 6 heteroatoms. The van der Waals surface area contributed by atoms with Gasteiger partial charge in [0.05, 0.1) is 18.6 Å². The minimum atomic E-state index is -0.732. The summed E-state index contributed by atoms with van der Waals surface area (Å²) in [5.74, 6) is -0.766. The molecule has 0 amide bonds. The number of fused-ring (bicyclic) bond motifs is 1. The van der Waals surface area contributed by atoms with Crippen molar-refractivity contribution in [2.75, 3.05) is 0 Å². The monoisotopic (exact) mass is 444 g/mol. The van der Waals surface area contributed by atoms with Gasteiger partial charge in [0.2, 0.25) is 0 Å². The zero-order chi connectivity index (χ0) is 22.6. The van der Waals surface area contributed by atoms with E-state index in [4.69, 9.17) is 18.9 Å². The molecule has 3 aromatic carbocycles. The molecule has 3 aromatic rings. The van der Waals surface area contributed by atoms with Gasteiger partial charge in [0.25, 0.3) is 0 Å². The lowest BCUT2D eigenvalue weighted by atomic mass is 9.98. The Kier molecular flexibility index (Phi) is 6.19. The first-order valence-corrected chi connectivity index (χ1v) is 11.0. The number of benzene rings is 3. The van der Waals surface area contributed by atoms with Crippen LogP contribution >= 0.6 is 0 Å². The molecule has 6 nitrogen and oxygen atoms in total. The van der Waals surface area contributed by atoms with Crippen LogP contribution in [-0.2, 0) is 30.3 Å². The fourth-order valence-corrected chi connectivity index (χ4v) is 4.35. The quantitative estimate of drug-likeness (QED) is 0.508. The minimum absolute atomic E-state index is 0.153. The second-order valence-corrected chi connectivity index (χ2v) is 8.16. The van der Waals surface area contributed by atoms with Crippen LogP contribution in [0.15, 0.2) is 91.0 Å². The van der Waals surface area contributed by atoms with Crippen molar-refractivity contribution in [2.45, 2.75) is 43.5 Å². The lowest BCUT2D eigenvalue weighted by Gasteiger charge is -2.29. The van der Waals surface area contributed by atoms with Gasteiger partial charge in [-0.2, -0.15) is 0 Å². The summed E-state index contributed by atoms with van der Waals surface area (Å²) in [6.45, 7) is 0.320. The summed E-state index contributed by atoms with van der Waals surface area (Å²) in [6, 6.07) is 28.0. The number of carbonyl (C=O) groups is 2. The largest absolute Gasteiger partial charge is 0.457 e. The van der Waals surface area contributed by atoms with Crippen LogP contribution < -0.4 is 0 Å². The van der Waals surface area contributed by atoms with Crippen molar-refractivity contribution < 1.29 is 28.5 Å². The predicted molar refractivity (Wildman–Crippen MR) is 119 cm³/mol. The summed E-state index contributed by atoms with van der Waals surface area (Å²) in [4.78, 5) is 24.9. The van der Waals surface area contributed by atoms with E-state index in [-0.39, 0.29) is 12.4 Å². The van der Waals surface area contributed by atoms with E-state index in [1.807, 2.05) is 66.7 Å². The molecule has 0 aliphatic carbocycles. The Bertz CT molecular complexity index is 1090. The molecule has 168 valence electrons. The lowest BCUT2D eigenvalue weighted by Crippen LogP contribution is -2.39. The summed E-state index contributed by atoms with van der Waals surface area (Å²) in [5.41, 5.74) is 2.22. The molecule has 33 heavy (non-hydrogen) atoms. The van der Waals surface area contributed by atoms with Crippen molar-refractivity contribution >= 4 is 11.9 Å². The summed E-state index contributed by atoms with van der Waals surface area (Å²) in [6.07, 6.45) is -2.79. The number of hydrogen-bond acceptors (Lipinski definition) is 6. The van der Waals surface area contributed by atoms with Gasteiger partial charge in [-0.25, -0.2) is 4.79 Å². The van der Waals surface area contributed by atoms with E-state index in [0.717, 1.165) is 11.1 Å². The number of hydrogen-bond donors (Lipinski definition) is 0. The van der Waals surface area contributed by atoms with Gasteiger partial charge in [-0.1, -0.05) is 78.9 Å². The van der Waals surface area contributed by atoms with E-state index < -0.39 is 36.5 Å². The standard InChI is InChI=1S/C27H24O6/c28-22-16-21-24(32-22)25(30-17-18-10-4-1-5-11-18)26(31-21)23(19-12-6-2-7-13-19)33-27(29)20-14-8-3-9-15-20/h1-15,21,23-26H,16-17H2/t21-,23-,24+,25-,26-/m1/s1. The molecule has 2 saturated heterocycles. The number of carbonyl (C=O) groups excluding carboxylic acids is 2. The van der Waals surface area contributed by atoms with E-state index in [1.165, 1.54) is 0 Å². The maximum Gasteiger partial charge on any atom is 0.338 e.